The zero-order valence-corrected chi connectivity index (χ0v) is 19.3. The number of phosphoric acid groups is 1. The molecule has 29 heavy (non-hydrogen) atoms. The Morgan fingerprint density at radius 1 is 1.07 bits per heavy atom. The van der Waals surface area contributed by atoms with Crippen molar-refractivity contribution in [2.75, 3.05) is 40.9 Å². The Kier molecular flexibility index (Phi) is 15.2. The highest BCUT2D eigenvalue weighted by Crippen LogP contribution is 2.40. The minimum absolute atomic E-state index is 0.172. The van der Waals surface area contributed by atoms with Crippen LogP contribution in [0.25, 0.3) is 0 Å². The van der Waals surface area contributed by atoms with Gasteiger partial charge in [-0.2, -0.15) is 0 Å². The summed E-state index contributed by atoms with van der Waals surface area (Å²) in [5, 5.41) is 17.4. The molecular formula is C19H40NO8P. The maximum Gasteiger partial charge on any atom is 0.268 e. The zero-order chi connectivity index (χ0) is 22.3. The predicted molar refractivity (Wildman–Crippen MR) is 108 cm³/mol. The number of phosphoric ester groups is 1. The molecule has 0 aromatic rings. The molecule has 2 unspecified atom stereocenters. The van der Waals surface area contributed by atoms with Gasteiger partial charge in [0.15, 0.2) is 11.9 Å². The lowest BCUT2D eigenvalue weighted by Crippen LogP contribution is -2.45. The molecule has 0 aliphatic heterocycles. The summed E-state index contributed by atoms with van der Waals surface area (Å²) in [7, 11) is 0.681. The van der Waals surface area contributed by atoms with Gasteiger partial charge in [0.1, 0.15) is 12.6 Å². The molecule has 0 saturated heterocycles. The molecule has 0 aromatic heterocycles. The Hall–Kier alpha value is -0.380. The van der Waals surface area contributed by atoms with E-state index >= 15 is 0 Å². The highest BCUT2D eigenvalue weighted by molar-refractivity contribution is 7.45. The lowest BCUT2D eigenvalue weighted by Gasteiger charge is -2.32. The van der Waals surface area contributed by atoms with Crippen LogP contribution in [0, 0.1) is 0 Å². The van der Waals surface area contributed by atoms with Gasteiger partial charge in [-0.15, -0.1) is 0 Å². The molecule has 9 nitrogen and oxygen atoms in total. The van der Waals surface area contributed by atoms with Gasteiger partial charge in [0.2, 0.25) is 0 Å². The topological polar surface area (TPSA) is 125 Å². The fourth-order valence-electron chi connectivity index (χ4n) is 2.76. The van der Waals surface area contributed by atoms with Crippen LogP contribution in [0.1, 0.15) is 64.7 Å². The number of hydrogen-bond acceptors (Lipinski definition) is 8. The maximum atomic E-state index is 12.6. The molecule has 2 N–H and O–H groups in total. The Labute approximate surface area is 175 Å². The fraction of sp³-hybridized carbons (Fsp3) is 0.947. The SMILES string of the molecule is CCCCCCCCCCC(=O)C(C[N+](C)(C)C)OP(=O)([O-])OC[C@@H](CO)OO. The number of Topliss-reactive ketones (excluding diaryl/α,β-unsaturated/α-hetero) is 1. The van der Waals surface area contributed by atoms with Gasteiger partial charge < -0.3 is 23.5 Å². The van der Waals surface area contributed by atoms with Crippen molar-refractivity contribution in [1.82, 2.24) is 0 Å². The molecule has 0 saturated carbocycles. The molecule has 10 heteroatoms. The summed E-state index contributed by atoms with van der Waals surface area (Å²) in [5.41, 5.74) is 0. The summed E-state index contributed by atoms with van der Waals surface area (Å²) in [4.78, 5) is 28.5. The van der Waals surface area contributed by atoms with Gasteiger partial charge in [0.25, 0.3) is 7.82 Å². The van der Waals surface area contributed by atoms with Crippen LogP contribution >= 0.6 is 7.82 Å². The second-order valence-electron chi connectivity index (χ2n) is 8.41. The van der Waals surface area contributed by atoms with E-state index in [0.29, 0.717) is 10.9 Å². The van der Waals surface area contributed by atoms with E-state index in [1.807, 2.05) is 21.1 Å². The lowest BCUT2D eigenvalue weighted by atomic mass is 10.0. The number of aliphatic hydroxyl groups is 1. The summed E-state index contributed by atoms with van der Waals surface area (Å²) in [5.74, 6) is -0.277. The summed E-state index contributed by atoms with van der Waals surface area (Å²) in [6, 6.07) is 0. The first-order valence-electron chi connectivity index (χ1n) is 10.4. The molecule has 0 aromatic carbocycles. The number of carbonyl (C=O) groups excluding carboxylic acids is 1. The number of rotatable bonds is 19. The van der Waals surface area contributed by atoms with Crippen molar-refractivity contribution in [3.63, 3.8) is 0 Å². The van der Waals surface area contributed by atoms with Crippen LogP contribution in [0.5, 0.6) is 0 Å². The molecule has 174 valence electrons. The smallest absolute Gasteiger partial charge is 0.268 e. The van der Waals surface area contributed by atoms with Gasteiger partial charge in [0, 0.05) is 6.42 Å². The normalized spacial score (nSPS) is 16.4. The van der Waals surface area contributed by atoms with Gasteiger partial charge in [-0.3, -0.25) is 14.6 Å². The van der Waals surface area contributed by atoms with Crippen molar-refractivity contribution in [3.8, 4) is 0 Å². The second-order valence-corrected chi connectivity index (χ2v) is 9.77. The van der Waals surface area contributed by atoms with E-state index in [9.17, 15) is 14.3 Å². The van der Waals surface area contributed by atoms with Crippen molar-refractivity contribution in [1.29, 1.82) is 0 Å². The highest BCUT2D eigenvalue weighted by atomic mass is 31.2. The summed E-state index contributed by atoms with van der Waals surface area (Å²) < 4.78 is 22.1. The molecule has 0 spiro atoms. The van der Waals surface area contributed by atoms with Gasteiger partial charge in [-0.1, -0.05) is 51.9 Å². The molecule has 0 aliphatic carbocycles. The number of quaternary nitrogens is 1. The van der Waals surface area contributed by atoms with E-state index in [1.54, 1.807) is 0 Å². The number of likely N-dealkylation sites (N-methyl/N-ethyl adjacent to an activating group) is 1. The Balaban J connectivity index is 4.55. The average Bonchev–Trinajstić information content (AvgIpc) is 2.62. The lowest BCUT2D eigenvalue weighted by molar-refractivity contribution is -0.872. The van der Waals surface area contributed by atoms with Crippen LogP contribution in [-0.4, -0.2) is 73.7 Å². The van der Waals surface area contributed by atoms with Crippen molar-refractivity contribution < 1.29 is 43.0 Å². The van der Waals surface area contributed by atoms with E-state index in [0.717, 1.165) is 19.3 Å². The van der Waals surface area contributed by atoms with Gasteiger partial charge in [0.05, 0.1) is 34.4 Å². The molecule has 0 rings (SSSR count). The first kappa shape index (κ1) is 28.6. The fourth-order valence-corrected chi connectivity index (χ4v) is 3.67. The van der Waals surface area contributed by atoms with Crippen LogP contribution in [0.15, 0.2) is 0 Å². The van der Waals surface area contributed by atoms with E-state index in [2.05, 4.69) is 16.3 Å². The molecule has 0 amide bonds. The third kappa shape index (κ3) is 16.0. The number of hydrogen-bond donors (Lipinski definition) is 2. The molecular weight excluding hydrogens is 401 g/mol. The molecule has 0 aliphatic rings. The van der Waals surface area contributed by atoms with E-state index in [1.165, 1.54) is 25.7 Å². The minimum atomic E-state index is -4.81. The standard InChI is InChI=1S/C19H40NO8P/c1-5-6-7-8-9-10-11-12-13-18(22)19(14-20(2,3)4)28-29(24,25)26-16-17(15-21)27-23/h17,19,21H,5-16H2,1-4H3,(H-,23,24,25)/t17-,19?/m1/s1. The number of ketones is 1. The van der Waals surface area contributed by atoms with Crippen LogP contribution in [0.2, 0.25) is 0 Å². The summed E-state index contributed by atoms with van der Waals surface area (Å²) in [6.45, 7) is 1.11. The molecule has 3 atom stereocenters. The van der Waals surface area contributed by atoms with Crippen molar-refractivity contribution in [2.24, 2.45) is 0 Å². The van der Waals surface area contributed by atoms with Crippen LogP contribution in [0.4, 0.5) is 0 Å². The quantitative estimate of drug-likeness (QED) is 0.103. The van der Waals surface area contributed by atoms with Crippen LogP contribution in [-0.2, 0) is 23.3 Å². The number of nitrogens with zero attached hydrogens (tertiary/aromatic N) is 1. The third-order valence-corrected chi connectivity index (χ3v) is 5.35. The molecule has 0 heterocycles. The number of aliphatic hydroxyl groups excluding tert-OH is 1. The van der Waals surface area contributed by atoms with Gasteiger partial charge >= 0.3 is 0 Å². The zero-order valence-electron chi connectivity index (χ0n) is 18.4. The van der Waals surface area contributed by atoms with Gasteiger partial charge in [-0.25, -0.2) is 4.89 Å². The van der Waals surface area contributed by atoms with E-state index in [-0.39, 0.29) is 18.7 Å². The van der Waals surface area contributed by atoms with Gasteiger partial charge in [-0.05, 0) is 6.42 Å². The predicted octanol–water partition coefficient (Wildman–Crippen LogP) is 2.51. The van der Waals surface area contributed by atoms with E-state index in [4.69, 9.17) is 14.9 Å². The van der Waals surface area contributed by atoms with Crippen LogP contribution in [0.3, 0.4) is 0 Å². The molecule has 0 radical (unpaired) electrons. The molecule has 0 bridgehead atoms. The summed E-state index contributed by atoms with van der Waals surface area (Å²) in [6.07, 6.45) is 6.62. The Morgan fingerprint density at radius 3 is 2.10 bits per heavy atom. The molecule has 0 fully saturated rings. The van der Waals surface area contributed by atoms with E-state index < -0.39 is 33.2 Å². The maximum absolute atomic E-state index is 12.6. The monoisotopic (exact) mass is 441 g/mol. The third-order valence-electron chi connectivity index (χ3n) is 4.38. The highest BCUT2D eigenvalue weighted by Gasteiger charge is 2.30. The Bertz CT molecular complexity index is 479. The first-order valence-corrected chi connectivity index (χ1v) is 11.9. The second kappa shape index (κ2) is 15.4. The minimum Gasteiger partial charge on any atom is -0.756 e. The first-order chi connectivity index (χ1) is 13.5. The van der Waals surface area contributed by atoms with Crippen molar-refractivity contribution in [2.45, 2.75) is 76.9 Å². The number of carbonyl (C=O) groups is 1. The largest absolute Gasteiger partial charge is 0.756 e. The average molecular weight is 442 g/mol. The number of unbranched alkanes of at least 4 members (excludes halogenated alkanes) is 7. The summed E-state index contributed by atoms with van der Waals surface area (Å²) >= 11 is 0. The Morgan fingerprint density at radius 2 is 1.62 bits per heavy atom. The van der Waals surface area contributed by atoms with Crippen molar-refractivity contribution >= 4 is 13.6 Å². The van der Waals surface area contributed by atoms with Crippen LogP contribution < -0.4 is 4.89 Å². The van der Waals surface area contributed by atoms with Crippen molar-refractivity contribution in [3.05, 3.63) is 0 Å².